The number of benzene rings is 1. The summed E-state index contributed by atoms with van der Waals surface area (Å²) >= 11 is 3.40. The summed E-state index contributed by atoms with van der Waals surface area (Å²) in [6.07, 6.45) is 1.22. The normalized spacial score (nSPS) is 18.2. The maximum Gasteiger partial charge on any atom is 0.101 e. The second-order valence-corrected chi connectivity index (χ2v) is 5.61. The number of anilines is 1. The van der Waals surface area contributed by atoms with Gasteiger partial charge in [-0.1, -0.05) is 15.9 Å². The van der Waals surface area contributed by atoms with Crippen LogP contribution in [0.2, 0.25) is 0 Å². The Morgan fingerprint density at radius 2 is 2.30 bits per heavy atom. The number of ether oxygens (including phenoxy) is 2. The first-order chi connectivity index (χ1) is 9.74. The summed E-state index contributed by atoms with van der Waals surface area (Å²) in [5.74, 6) is 0. The van der Waals surface area contributed by atoms with E-state index in [1.807, 2.05) is 25.1 Å². The third kappa shape index (κ3) is 3.95. The third-order valence-corrected chi connectivity index (χ3v) is 3.84. The van der Waals surface area contributed by atoms with Gasteiger partial charge >= 0.3 is 0 Å². The Morgan fingerprint density at radius 3 is 3.05 bits per heavy atom. The highest BCUT2D eigenvalue weighted by atomic mass is 79.9. The van der Waals surface area contributed by atoms with Crippen molar-refractivity contribution < 1.29 is 9.47 Å². The smallest absolute Gasteiger partial charge is 0.101 e. The molecule has 1 saturated heterocycles. The number of rotatable bonds is 6. The van der Waals surface area contributed by atoms with Crippen molar-refractivity contribution in [1.29, 1.82) is 5.26 Å². The predicted octanol–water partition coefficient (Wildman–Crippen LogP) is 2.95. The fourth-order valence-electron chi connectivity index (χ4n) is 2.37. The van der Waals surface area contributed by atoms with Crippen molar-refractivity contribution in [2.24, 2.45) is 0 Å². The first kappa shape index (κ1) is 15.3. The van der Waals surface area contributed by atoms with Crippen LogP contribution < -0.4 is 4.90 Å². The molecule has 0 spiro atoms. The number of nitriles is 1. The summed E-state index contributed by atoms with van der Waals surface area (Å²) in [6.45, 7) is 5.75. The number of hydrogen-bond donors (Lipinski definition) is 0. The van der Waals surface area contributed by atoms with Gasteiger partial charge in [-0.2, -0.15) is 5.26 Å². The molecule has 0 amide bonds. The molecule has 0 radical (unpaired) electrons. The van der Waals surface area contributed by atoms with E-state index in [0.717, 1.165) is 36.3 Å². The van der Waals surface area contributed by atoms with Crippen molar-refractivity contribution in [3.63, 3.8) is 0 Å². The summed E-state index contributed by atoms with van der Waals surface area (Å²) in [5, 5.41) is 9.22. The van der Waals surface area contributed by atoms with Crippen LogP contribution in [-0.4, -0.2) is 39.0 Å². The summed E-state index contributed by atoms with van der Waals surface area (Å²) in [6, 6.07) is 8.08. The van der Waals surface area contributed by atoms with Crippen LogP contribution >= 0.6 is 15.9 Å². The Labute approximate surface area is 128 Å². The Kier molecular flexibility index (Phi) is 5.84. The molecule has 1 atom stereocenters. The largest absolute Gasteiger partial charge is 0.379 e. The zero-order valence-corrected chi connectivity index (χ0v) is 13.2. The lowest BCUT2D eigenvalue weighted by Gasteiger charge is -2.20. The van der Waals surface area contributed by atoms with Gasteiger partial charge < -0.3 is 14.4 Å². The van der Waals surface area contributed by atoms with Gasteiger partial charge in [0.2, 0.25) is 0 Å². The zero-order valence-electron chi connectivity index (χ0n) is 11.6. The van der Waals surface area contributed by atoms with E-state index in [1.54, 1.807) is 0 Å². The van der Waals surface area contributed by atoms with E-state index >= 15 is 0 Å². The quantitative estimate of drug-likeness (QED) is 0.748. The lowest BCUT2D eigenvalue weighted by atomic mass is 10.2. The molecule has 108 valence electrons. The van der Waals surface area contributed by atoms with E-state index in [1.165, 1.54) is 0 Å². The second kappa shape index (κ2) is 7.63. The fourth-order valence-corrected chi connectivity index (χ4v) is 2.74. The van der Waals surface area contributed by atoms with Gasteiger partial charge in [-0.3, -0.25) is 0 Å². The summed E-state index contributed by atoms with van der Waals surface area (Å²) in [7, 11) is 0. The minimum atomic E-state index is 0.227. The molecule has 0 N–H and O–H groups in total. The van der Waals surface area contributed by atoms with Gasteiger partial charge in [0.05, 0.1) is 30.6 Å². The molecule has 1 aliphatic rings. The van der Waals surface area contributed by atoms with Crippen LogP contribution in [0.15, 0.2) is 22.7 Å². The minimum absolute atomic E-state index is 0.227. The van der Waals surface area contributed by atoms with Crippen LogP contribution in [0.1, 0.15) is 18.9 Å². The van der Waals surface area contributed by atoms with Crippen LogP contribution in [0.25, 0.3) is 0 Å². The number of hydrogen-bond acceptors (Lipinski definition) is 4. The van der Waals surface area contributed by atoms with E-state index < -0.39 is 0 Å². The molecule has 20 heavy (non-hydrogen) atoms. The summed E-state index contributed by atoms with van der Waals surface area (Å²) < 4.78 is 12.0. The SMILES string of the molecule is CCOCCO[C@H]1CCN(c2ccc(Br)cc2C#N)C1. The lowest BCUT2D eigenvalue weighted by molar-refractivity contribution is 0.0169. The predicted molar refractivity (Wildman–Crippen MR) is 81.9 cm³/mol. The Morgan fingerprint density at radius 1 is 1.45 bits per heavy atom. The average Bonchev–Trinajstić information content (AvgIpc) is 2.92. The second-order valence-electron chi connectivity index (χ2n) is 4.70. The van der Waals surface area contributed by atoms with Gasteiger partial charge in [0.25, 0.3) is 0 Å². The molecule has 0 bridgehead atoms. The lowest BCUT2D eigenvalue weighted by Crippen LogP contribution is -2.24. The molecule has 0 aromatic heterocycles. The Hall–Kier alpha value is -1.09. The van der Waals surface area contributed by atoms with Gasteiger partial charge in [-0.05, 0) is 31.5 Å². The van der Waals surface area contributed by atoms with Crippen molar-refractivity contribution in [1.82, 2.24) is 0 Å². The Balaban J connectivity index is 1.91. The minimum Gasteiger partial charge on any atom is -0.379 e. The van der Waals surface area contributed by atoms with E-state index in [9.17, 15) is 5.26 Å². The molecule has 0 saturated carbocycles. The van der Waals surface area contributed by atoms with Gasteiger partial charge in [-0.25, -0.2) is 0 Å². The topological polar surface area (TPSA) is 45.5 Å². The fraction of sp³-hybridized carbons (Fsp3) is 0.533. The molecule has 1 aromatic carbocycles. The van der Waals surface area contributed by atoms with Gasteiger partial charge in [-0.15, -0.1) is 0 Å². The highest BCUT2D eigenvalue weighted by Gasteiger charge is 2.24. The van der Waals surface area contributed by atoms with E-state index in [0.29, 0.717) is 18.8 Å². The Bertz CT molecular complexity index is 487. The van der Waals surface area contributed by atoms with Crippen LogP contribution in [0.3, 0.4) is 0 Å². The van der Waals surface area contributed by atoms with Gasteiger partial charge in [0.15, 0.2) is 0 Å². The molecule has 5 heteroatoms. The molecule has 0 unspecified atom stereocenters. The standard InChI is InChI=1S/C15H19BrN2O2/c1-2-19-7-8-20-14-5-6-18(11-14)15-4-3-13(16)9-12(15)10-17/h3-4,9,14H,2,5-8,11H2,1H3/t14-/m0/s1. The molecule has 1 aliphatic heterocycles. The number of halogens is 1. The molecule has 0 aliphatic carbocycles. The first-order valence-electron chi connectivity index (χ1n) is 6.88. The molecule has 4 nitrogen and oxygen atoms in total. The van der Waals surface area contributed by atoms with E-state index in [2.05, 4.69) is 26.9 Å². The van der Waals surface area contributed by atoms with Crippen molar-refractivity contribution in [2.75, 3.05) is 37.8 Å². The average molecular weight is 339 g/mol. The van der Waals surface area contributed by atoms with Gasteiger partial charge in [0, 0.05) is 24.2 Å². The van der Waals surface area contributed by atoms with E-state index in [-0.39, 0.29) is 6.10 Å². The van der Waals surface area contributed by atoms with E-state index in [4.69, 9.17) is 9.47 Å². The van der Waals surface area contributed by atoms with Crippen molar-refractivity contribution >= 4 is 21.6 Å². The highest BCUT2D eigenvalue weighted by molar-refractivity contribution is 9.10. The van der Waals surface area contributed by atoms with Crippen LogP contribution in [0.5, 0.6) is 0 Å². The molecular weight excluding hydrogens is 320 g/mol. The summed E-state index contributed by atoms with van der Waals surface area (Å²) in [5.41, 5.74) is 1.70. The van der Waals surface area contributed by atoms with Crippen molar-refractivity contribution in [3.05, 3.63) is 28.2 Å². The molecular formula is C15H19BrN2O2. The molecule has 1 aromatic rings. The maximum atomic E-state index is 9.22. The van der Waals surface area contributed by atoms with Crippen LogP contribution in [0, 0.1) is 11.3 Å². The van der Waals surface area contributed by atoms with Gasteiger partial charge in [0.1, 0.15) is 6.07 Å². The zero-order chi connectivity index (χ0) is 14.4. The van der Waals surface area contributed by atoms with Crippen LogP contribution in [0.4, 0.5) is 5.69 Å². The molecule has 1 fully saturated rings. The van der Waals surface area contributed by atoms with Crippen molar-refractivity contribution in [3.8, 4) is 6.07 Å². The highest BCUT2D eigenvalue weighted by Crippen LogP contribution is 2.27. The monoisotopic (exact) mass is 338 g/mol. The first-order valence-corrected chi connectivity index (χ1v) is 7.68. The summed E-state index contributed by atoms with van der Waals surface area (Å²) in [4.78, 5) is 2.22. The number of nitrogens with zero attached hydrogens (tertiary/aromatic N) is 2. The van der Waals surface area contributed by atoms with Crippen LogP contribution in [-0.2, 0) is 9.47 Å². The molecule has 1 heterocycles. The van der Waals surface area contributed by atoms with Crippen molar-refractivity contribution in [2.45, 2.75) is 19.4 Å². The third-order valence-electron chi connectivity index (χ3n) is 3.35. The maximum absolute atomic E-state index is 9.22. The molecule has 2 rings (SSSR count).